The highest BCUT2D eigenvalue weighted by atomic mass is 35.5. The minimum atomic E-state index is -2.55. The Hall–Kier alpha value is -4.06. The molecule has 0 bridgehead atoms. The van der Waals surface area contributed by atoms with Gasteiger partial charge in [-0.3, -0.25) is 0 Å². The van der Waals surface area contributed by atoms with E-state index in [0.29, 0.717) is 37.9 Å². The van der Waals surface area contributed by atoms with Gasteiger partial charge in [0, 0.05) is 38.7 Å². The van der Waals surface area contributed by atoms with Crippen molar-refractivity contribution in [3.05, 3.63) is 112 Å². The molecule has 4 nitrogen and oxygen atoms in total. The van der Waals surface area contributed by atoms with E-state index in [1.807, 2.05) is 24.3 Å². The number of hydrogen-bond acceptors (Lipinski definition) is 5. The number of carbonyl (C=O) groups is 1. The number of halogens is 4. The Morgan fingerprint density at radius 1 is 0.974 bits per heavy atom. The predicted molar refractivity (Wildman–Crippen MR) is 148 cm³/mol. The lowest BCUT2D eigenvalue weighted by Crippen LogP contribution is -2.00. The third-order valence-corrected chi connectivity index (χ3v) is 6.75. The van der Waals surface area contributed by atoms with E-state index in [1.165, 1.54) is 38.5 Å². The topological polar surface area (TPSA) is 47.6 Å². The number of carbonyl (C=O) groups excluding carboxylic acids is 1. The van der Waals surface area contributed by atoms with Crippen LogP contribution in [0.4, 0.5) is 18.9 Å². The van der Waals surface area contributed by atoms with E-state index in [-0.39, 0.29) is 11.3 Å². The number of alkyl halides is 2. The molecule has 0 saturated heterocycles. The molecule has 9 heteroatoms. The van der Waals surface area contributed by atoms with E-state index in [9.17, 15) is 18.0 Å². The van der Waals surface area contributed by atoms with Crippen LogP contribution in [0.1, 0.15) is 33.5 Å². The van der Waals surface area contributed by atoms with Crippen LogP contribution >= 0.6 is 23.5 Å². The van der Waals surface area contributed by atoms with Crippen LogP contribution in [0.2, 0.25) is 5.02 Å². The zero-order valence-electron chi connectivity index (χ0n) is 20.7. The van der Waals surface area contributed by atoms with Crippen LogP contribution in [0.5, 0.6) is 5.75 Å². The van der Waals surface area contributed by atoms with Crippen LogP contribution in [-0.4, -0.2) is 20.2 Å². The summed E-state index contributed by atoms with van der Waals surface area (Å²) in [4.78, 5) is 12.4. The lowest BCUT2D eigenvalue weighted by atomic mass is 10.0. The molecular formula is C30H21ClF3NO3S. The van der Waals surface area contributed by atoms with Gasteiger partial charge in [0.15, 0.2) is 11.6 Å². The molecule has 0 aliphatic heterocycles. The average molecular weight is 568 g/mol. The molecule has 198 valence electrons. The maximum absolute atomic E-state index is 14.5. The second kappa shape index (κ2) is 12.7. The van der Waals surface area contributed by atoms with Crippen molar-refractivity contribution in [2.24, 2.45) is 0 Å². The second-order valence-corrected chi connectivity index (χ2v) is 9.41. The van der Waals surface area contributed by atoms with Crippen molar-refractivity contribution >= 4 is 35.2 Å². The van der Waals surface area contributed by atoms with Gasteiger partial charge in [-0.05, 0) is 53.9 Å². The quantitative estimate of drug-likeness (QED) is 0.138. The van der Waals surface area contributed by atoms with E-state index < -0.39 is 18.2 Å². The molecule has 0 saturated carbocycles. The van der Waals surface area contributed by atoms with Crippen LogP contribution in [0, 0.1) is 17.7 Å². The van der Waals surface area contributed by atoms with Crippen molar-refractivity contribution in [3.8, 4) is 28.7 Å². The summed E-state index contributed by atoms with van der Waals surface area (Å²) in [7, 11) is 2.66. The lowest BCUT2D eigenvalue weighted by Gasteiger charge is -2.11. The van der Waals surface area contributed by atoms with Gasteiger partial charge < -0.3 is 14.2 Å². The molecule has 4 aromatic carbocycles. The third-order valence-electron chi connectivity index (χ3n) is 5.61. The fraction of sp³-hybridized carbons (Fsp3) is 0.100. The van der Waals surface area contributed by atoms with Gasteiger partial charge in [-0.1, -0.05) is 53.8 Å². The molecule has 1 N–H and O–H groups in total. The number of rotatable bonds is 7. The van der Waals surface area contributed by atoms with Crippen molar-refractivity contribution in [1.82, 2.24) is 0 Å². The first-order chi connectivity index (χ1) is 18.8. The molecule has 0 radical (unpaired) electrons. The first-order valence-electron chi connectivity index (χ1n) is 11.5. The summed E-state index contributed by atoms with van der Waals surface area (Å²) >= 11 is 7.57. The Kier molecular flexibility index (Phi) is 9.07. The molecule has 0 aliphatic rings. The van der Waals surface area contributed by atoms with Gasteiger partial charge in [0.2, 0.25) is 0 Å². The Morgan fingerprint density at radius 2 is 1.74 bits per heavy atom. The first-order valence-corrected chi connectivity index (χ1v) is 12.7. The summed E-state index contributed by atoms with van der Waals surface area (Å²) in [5, 5.41) is 0.386. The van der Waals surface area contributed by atoms with Crippen molar-refractivity contribution in [1.29, 1.82) is 0 Å². The van der Waals surface area contributed by atoms with Crippen LogP contribution in [0.3, 0.4) is 0 Å². The molecule has 4 aromatic rings. The third kappa shape index (κ3) is 6.88. The van der Waals surface area contributed by atoms with E-state index in [1.54, 1.807) is 30.3 Å². The molecule has 0 atom stereocenters. The number of methoxy groups -OCH3 is 2. The Balaban J connectivity index is 1.61. The maximum atomic E-state index is 14.5. The number of hydrogen-bond donors (Lipinski definition) is 1. The fourth-order valence-corrected chi connectivity index (χ4v) is 4.55. The van der Waals surface area contributed by atoms with Gasteiger partial charge in [0.1, 0.15) is 0 Å². The normalized spacial score (nSPS) is 10.5. The monoisotopic (exact) mass is 567 g/mol. The van der Waals surface area contributed by atoms with Crippen molar-refractivity contribution in [2.75, 3.05) is 18.9 Å². The number of nitrogens with one attached hydrogen (secondary N) is 1. The number of benzene rings is 4. The summed E-state index contributed by atoms with van der Waals surface area (Å²) in [5.41, 5.74) is 3.30. The minimum absolute atomic E-state index is 0.0300. The highest BCUT2D eigenvalue weighted by Crippen LogP contribution is 2.32. The second-order valence-electron chi connectivity index (χ2n) is 8.12. The van der Waals surface area contributed by atoms with Crippen molar-refractivity contribution < 1.29 is 27.4 Å². The molecule has 0 spiro atoms. The number of esters is 1. The maximum Gasteiger partial charge on any atom is 0.337 e. The van der Waals surface area contributed by atoms with Crippen molar-refractivity contribution in [2.45, 2.75) is 11.3 Å². The molecule has 0 aliphatic carbocycles. The minimum Gasteiger partial charge on any atom is -0.494 e. The number of anilines is 1. The van der Waals surface area contributed by atoms with Gasteiger partial charge in [0.05, 0.1) is 31.0 Å². The molecule has 0 heterocycles. The van der Waals surface area contributed by atoms with Gasteiger partial charge >= 0.3 is 5.97 Å². The van der Waals surface area contributed by atoms with Gasteiger partial charge in [0.25, 0.3) is 6.43 Å². The van der Waals surface area contributed by atoms with E-state index in [2.05, 4.69) is 16.6 Å². The molecule has 4 rings (SSSR count). The largest absolute Gasteiger partial charge is 0.494 e. The zero-order chi connectivity index (χ0) is 27.9. The molecular weight excluding hydrogens is 547 g/mol. The smallest absolute Gasteiger partial charge is 0.337 e. The summed E-state index contributed by atoms with van der Waals surface area (Å²) < 4.78 is 53.1. The van der Waals surface area contributed by atoms with E-state index >= 15 is 0 Å². The number of ether oxygens (including phenoxy) is 2. The predicted octanol–water partition coefficient (Wildman–Crippen LogP) is 8.40. The van der Waals surface area contributed by atoms with Crippen LogP contribution in [0.15, 0.2) is 83.8 Å². The van der Waals surface area contributed by atoms with Crippen LogP contribution in [-0.2, 0) is 4.74 Å². The van der Waals surface area contributed by atoms with E-state index in [0.717, 1.165) is 17.5 Å². The lowest BCUT2D eigenvalue weighted by molar-refractivity contribution is 0.0600. The molecule has 0 aromatic heterocycles. The molecule has 0 unspecified atom stereocenters. The Labute approximate surface area is 233 Å². The SMILES string of the molecule is COC(=O)c1ccc(-c2cccc(C#Cc3cc(OC)c(F)cc3NSc3ccc(C(F)F)cc3)c2)c(Cl)c1. The fourth-order valence-electron chi connectivity index (χ4n) is 3.59. The summed E-state index contributed by atoms with van der Waals surface area (Å²) in [6.07, 6.45) is -2.55. The zero-order valence-corrected chi connectivity index (χ0v) is 22.3. The van der Waals surface area contributed by atoms with Gasteiger partial charge in [-0.25, -0.2) is 18.0 Å². The summed E-state index contributed by atoms with van der Waals surface area (Å²) in [6.45, 7) is 0. The first kappa shape index (κ1) is 28.0. The molecule has 0 fully saturated rings. The van der Waals surface area contributed by atoms with Gasteiger partial charge in [-0.2, -0.15) is 0 Å². The molecule has 39 heavy (non-hydrogen) atoms. The Bertz CT molecular complexity index is 1570. The van der Waals surface area contributed by atoms with Crippen LogP contribution in [0.25, 0.3) is 11.1 Å². The summed E-state index contributed by atoms with van der Waals surface area (Å²) in [6, 6.07) is 20.8. The summed E-state index contributed by atoms with van der Waals surface area (Å²) in [5.74, 6) is 5.10. The Morgan fingerprint density at radius 3 is 2.41 bits per heavy atom. The molecule has 0 amide bonds. The highest BCUT2D eigenvalue weighted by Gasteiger charge is 2.12. The standard InChI is InChI=1S/C30H21ClF3NO3S/c1-37-28-16-21(27(17-26(28)32)35-39-23-11-8-19(9-12-23)29(33)34)7-6-18-4-3-5-20(14-18)24-13-10-22(15-25(24)31)30(36)38-2/h3-5,8-17,29,35H,1-2H3. The van der Waals surface area contributed by atoms with Crippen LogP contribution < -0.4 is 9.46 Å². The van der Waals surface area contributed by atoms with E-state index in [4.69, 9.17) is 21.1 Å². The average Bonchev–Trinajstić information content (AvgIpc) is 2.95. The highest BCUT2D eigenvalue weighted by molar-refractivity contribution is 8.00. The van der Waals surface area contributed by atoms with Gasteiger partial charge in [-0.15, -0.1) is 0 Å². The van der Waals surface area contributed by atoms with Crippen molar-refractivity contribution in [3.63, 3.8) is 0 Å².